The van der Waals surface area contributed by atoms with Gasteiger partial charge in [-0.05, 0) is 42.0 Å². The van der Waals surface area contributed by atoms with Crippen molar-refractivity contribution in [2.45, 2.75) is 18.4 Å². The summed E-state index contributed by atoms with van der Waals surface area (Å²) in [7, 11) is 0. The summed E-state index contributed by atoms with van der Waals surface area (Å²) >= 11 is 0. The van der Waals surface area contributed by atoms with E-state index in [0.29, 0.717) is 17.0 Å². The summed E-state index contributed by atoms with van der Waals surface area (Å²) in [4.78, 5) is 17.9. The number of carbonyl (C=O) groups excluding carboxylic acids is 1. The molecule has 1 fully saturated rings. The lowest BCUT2D eigenvalue weighted by Crippen LogP contribution is -2.28. The number of nitrogens with one attached hydrogen (secondary N) is 1. The van der Waals surface area contributed by atoms with E-state index in [1.54, 1.807) is 48.5 Å². The number of nitrogens with zero attached hydrogens (tertiary/aromatic N) is 4. The highest BCUT2D eigenvalue weighted by Crippen LogP contribution is 2.43. The molecule has 168 valence electrons. The minimum Gasteiger partial charge on any atom is -0.410 e. The number of fused-ring (bicyclic) bond motifs is 1. The monoisotopic (exact) mass is 453 g/mol. The number of anilines is 2. The van der Waals surface area contributed by atoms with Gasteiger partial charge in [-0.2, -0.15) is 4.52 Å². The summed E-state index contributed by atoms with van der Waals surface area (Å²) in [5.74, 6) is -2.66. The fraction of sp³-hybridized carbons (Fsp3) is 0.174. The molecule has 0 aliphatic carbocycles. The molecule has 1 aliphatic rings. The molecule has 0 saturated carbocycles. The maximum Gasteiger partial charge on any atom is 0.418 e. The van der Waals surface area contributed by atoms with Gasteiger partial charge in [0.1, 0.15) is 17.4 Å². The predicted octanol–water partition coefficient (Wildman–Crippen LogP) is 5.07. The highest BCUT2D eigenvalue weighted by Gasteiger charge is 2.46. The fourth-order valence-corrected chi connectivity index (χ4v) is 3.90. The van der Waals surface area contributed by atoms with E-state index < -0.39 is 36.8 Å². The van der Waals surface area contributed by atoms with Gasteiger partial charge in [-0.25, -0.2) is 22.9 Å². The number of para-hydroxylation sites is 1. The van der Waals surface area contributed by atoms with E-state index in [1.165, 1.54) is 33.8 Å². The summed E-state index contributed by atoms with van der Waals surface area (Å²) in [5, 5.41) is 6.98. The Kier molecular flexibility index (Phi) is 5.12. The van der Waals surface area contributed by atoms with Crippen molar-refractivity contribution in [3.63, 3.8) is 0 Å². The predicted molar refractivity (Wildman–Crippen MR) is 115 cm³/mol. The highest BCUT2D eigenvalue weighted by molar-refractivity contribution is 5.85. The number of aromatic nitrogens is 3. The van der Waals surface area contributed by atoms with Gasteiger partial charge in [0.15, 0.2) is 11.5 Å². The van der Waals surface area contributed by atoms with Crippen molar-refractivity contribution < 1.29 is 22.7 Å². The first-order valence-electron chi connectivity index (χ1n) is 10.2. The molecule has 5 rings (SSSR count). The molecule has 33 heavy (non-hydrogen) atoms. The van der Waals surface area contributed by atoms with Crippen molar-refractivity contribution in [1.29, 1.82) is 0 Å². The summed E-state index contributed by atoms with van der Waals surface area (Å²) in [5.41, 5.74) is 0.839. The van der Waals surface area contributed by atoms with Crippen molar-refractivity contribution in [3.05, 3.63) is 84.3 Å². The number of carbonyl (C=O) groups is 1. The number of hydrogen-bond acceptors (Lipinski definition) is 5. The number of rotatable bonds is 4. The zero-order chi connectivity index (χ0) is 23.0. The lowest BCUT2D eigenvalue weighted by atomic mass is 10.0. The Hall–Kier alpha value is -4.08. The van der Waals surface area contributed by atoms with Crippen LogP contribution in [-0.2, 0) is 0 Å². The smallest absolute Gasteiger partial charge is 0.410 e. The third-order valence-corrected chi connectivity index (χ3v) is 5.33. The van der Waals surface area contributed by atoms with Gasteiger partial charge in [0.05, 0.1) is 18.8 Å². The van der Waals surface area contributed by atoms with Crippen molar-refractivity contribution in [2.24, 2.45) is 0 Å². The van der Waals surface area contributed by atoms with Crippen molar-refractivity contribution in [2.75, 3.05) is 16.8 Å². The second kappa shape index (κ2) is 8.12. The molecule has 0 spiro atoms. The summed E-state index contributed by atoms with van der Waals surface area (Å²) in [6.45, 7) is -0.569. The molecule has 0 bridgehead atoms. The minimum atomic E-state index is -2.97. The summed E-state index contributed by atoms with van der Waals surface area (Å²) in [6, 6.07) is 16.5. The second-order valence-electron chi connectivity index (χ2n) is 7.69. The SMILES string of the molecule is O=C(Nc1cnc2ccc(N3CC(F)(F)C[C@@H]3c3cccc(F)c3)nn12)Oc1ccccc1. The van der Waals surface area contributed by atoms with Gasteiger partial charge in [0.2, 0.25) is 0 Å². The summed E-state index contributed by atoms with van der Waals surface area (Å²) < 4.78 is 49.0. The van der Waals surface area contributed by atoms with Gasteiger partial charge < -0.3 is 9.64 Å². The molecule has 1 amide bonds. The van der Waals surface area contributed by atoms with Crippen LogP contribution in [0.2, 0.25) is 0 Å². The van der Waals surface area contributed by atoms with Crippen LogP contribution < -0.4 is 15.0 Å². The molecular weight excluding hydrogens is 435 g/mol. The third kappa shape index (κ3) is 4.32. The molecule has 1 aliphatic heterocycles. The molecule has 3 heterocycles. The standard InChI is InChI=1S/C23H18F3N5O2/c24-16-6-4-5-15(11-16)18-12-23(25,26)14-30(18)20-10-9-19-27-13-21(31(19)29-20)28-22(32)33-17-7-2-1-3-8-17/h1-11,13,18H,12,14H2,(H,28,32)/t18-/m1/s1. The lowest BCUT2D eigenvalue weighted by molar-refractivity contribution is 0.0222. The number of ether oxygens (including phenoxy) is 1. The first kappa shape index (κ1) is 20.8. The maximum atomic E-state index is 14.4. The molecule has 1 atom stereocenters. The first-order valence-corrected chi connectivity index (χ1v) is 10.2. The van der Waals surface area contributed by atoms with Crippen LogP contribution in [0.4, 0.5) is 29.6 Å². The molecule has 7 nitrogen and oxygen atoms in total. The van der Waals surface area contributed by atoms with Gasteiger partial charge in [0, 0.05) is 6.42 Å². The van der Waals surface area contributed by atoms with Gasteiger partial charge in [-0.1, -0.05) is 30.3 Å². The minimum absolute atomic E-state index is 0.209. The van der Waals surface area contributed by atoms with Crippen molar-refractivity contribution in [1.82, 2.24) is 14.6 Å². The van der Waals surface area contributed by atoms with Crippen LogP contribution in [0.1, 0.15) is 18.0 Å². The Morgan fingerprint density at radius 1 is 1.09 bits per heavy atom. The number of hydrogen-bond donors (Lipinski definition) is 1. The van der Waals surface area contributed by atoms with Crippen LogP contribution in [0.25, 0.3) is 5.65 Å². The molecule has 10 heteroatoms. The van der Waals surface area contributed by atoms with Crippen LogP contribution in [0.15, 0.2) is 72.9 Å². The molecule has 1 saturated heterocycles. The van der Waals surface area contributed by atoms with Crippen LogP contribution in [0.3, 0.4) is 0 Å². The Morgan fingerprint density at radius 2 is 1.91 bits per heavy atom. The maximum absolute atomic E-state index is 14.4. The Balaban J connectivity index is 1.44. The third-order valence-electron chi connectivity index (χ3n) is 5.33. The van der Waals surface area contributed by atoms with Gasteiger partial charge in [-0.3, -0.25) is 5.32 Å². The van der Waals surface area contributed by atoms with Crippen LogP contribution >= 0.6 is 0 Å². The van der Waals surface area contributed by atoms with Crippen LogP contribution in [0.5, 0.6) is 5.75 Å². The largest absolute Gasteiger partial charge is 0.418 e. The Bertz CT molecular complexity index is 1310. The van der Waals surface area contributed by atoms with E-state index >= 15 is 0 Å². The average Bonchev–Trinajstić information content (AvgIpc) is 3.34. The Morgan fingerprint density at radius 3 is 2.70 bits per heavy atom. The molecule has 0 radical (unpaired) electrons. The molecule has 2 aromatic carbocycles. The lowest BCUT2D eigenvalue weighted by Gasteiger charge is -2.25. The first-order chi connectivity index (χ1) is 15.9. The summed E-state index contributed by atoms with van der Waals surface area (Å²) in [6.07, 6.45) is 0.177. The number of imidazole rings is 1. The molecule has 0 unspecified atom stereocenters. The molecule has 2 aromatic heterocycles. The van der Waals surface area contributed by atoms with E-state index in [4.69, 9.17) is 4.74 Å². The number of halogens is 3. The zero-order valence-corrected chi connectivity index (χ0v) is 17.2. The number of amides is 1. The molecular formula is C23H18F3N5O2. The zero-order valence-electron chi connectivity index (χ0n) is 17.2. The van der Waals surface area contributed by atoms with E-state index in [1.807, 2.05) is 0 Å². The molecule has 1 N–H and O–H groups in total. The average molecular weight is 453 g/mol. The second-order valence-corrected chi connectivity index (χ2v) is 7.69. The fourth-order valence-electron chi connectivity index (χ4n) is 3.90. The van der Waals surface area contributed by atoms with Crippen molar-refractivity contribution in [3.8, 4) is 5.75 Å². The Labute approximate surface area is 186 Å². The van der Waals surface area contributed by atoms with Crippen molar-refractivity contribution >= 4 is 23.4 Å². The number of alkyl halides is 2. The number of benzene rings is 2. The molecule has 4 aromatic rings. The quantitative estimate of drug-likeness (QED) is 0.467. The highest BCUT2D eigenvalue weighted by atomic mass is 19.3. The van der Waals surface area contributed by atoms with Gasteiger partial charge >= 0.3 is 6.09 Å². The normalized spacial score (nSPS) is 17.3. The topological polar surface area (TPSA) is 71.8 Å². The van der Waals surface area contributed by atoms with Crippen LogP contribution in [-0.4, -0.2) is 33.2 Å². The van der Waals surface area contributed by atoms with E-state index in [2.05, 4.69) is 15.4 Å². The van der Waals surface area contributed by atoms with Gasteiger partial charge in [0.25, 0.3) is 5.92 Å². The van der Waals surface area contributed by atoms with E-state index in [9.17, 15) is 18.0 Å². The van der Waals surface area contributed by atoms with E-state index in [0.717, 1.165) is 0 Å². The van der Waals surface area contributed by atoms with Crippen LogP contribution in [0, 0.1) is 5.82 Å². The van der Waals surface area contributed by atoms with Gasteiger partial charge in [-0.15, -0.1) is 5.10 Å². The van der Waals surface area contributed by atoms with E-state index in [-0.39, 0.29) is 11.6 Å².